The molecule has 0 radical (unpaired) electrons. The van der Waals surface area contributed by atoms with Crippen LogP contribution in [0.15, 0.2) is 18.2 Å². The molecule has 1 aromatic rings. The van der Waals surface area contributed by atoms with Gasteiger partial charge in [0.2, 0.25) is 0 Å². The van der Waals surface area contributed by atoms with Crippen molar-refractivity contribution in [2.24, 2.45) is 5.84 Å². The van der Waals surface area contributed by atoms with Gasteiger partial charge in [-0.25, -0.2) is 10.6 Å². The van der Waals surface area contributed by atoms with Gasteiger partial charge in [0.1, 0.15) is 5.75 Å². The van der Waals surface area contributed by atoms with Gasteiger partial charge in [0, 0.05) is 12.7 Å². The molecule has 2 rings (SSSR count). The van der Waals surface area contributed by atoms with Crippen molar-refractivity contribution in [1.82, 2.24) is 5.43 Å². The Morgan fingerprint density at radius 1 is 1.53 bits per heavy atom. The molecule has 0 fully saturated rings. The summed E-state index contributed by atoms with van der Waals surface area (Å²) in [6, 6.07) is 4.46. The van der Waals surface area contributed by atoms with E-state index in [0.29, 0.717) is 17.1 Å². The number of urea groups is 1. The summed E-state index contributed by atoms with van der Waals surface area (Å²) in [7, 11) is 1.65. The number of nitrogens with one attached hydrogen (secondary N) is 2. The molecule has 0 spiro atoms. The van der Waals surface area contributed by atoms with Crippen LogP contribution in [0.2, 0.25) is 0 Å². The fourth-order valence-electron chi connectivity index (χ4n) is 1.52. The number of likely N-dealkylation sites (N-methyl/N-ethyl adjacent to an activating group) is 1. The maximum atomic E-state index is 11.4. The largest absolute Gasteiger partial charge is 0.482 e. The molecule has 0 atom stereocenters. The van der Waals surface area contributed by atoms with Gasteiger partial charge in [-0.15, -0.1) is 0 Å². The molecule has 0 unspecified atom stereocenters. The van der Waals surface area contributed by atoms with Crippen molar-refractivity contribution < 1.29 is 14.3 Å². The van der Waals surface area contributed by atoms with Crippen LogP contribution in [0, 0.1) is 0 Å². The average Bonchev–Trinajstić information content (AvgIpc) is 2.34. The quantitative estimate of drug-likeness (QED) is 0.364. The number of amides is 3. The smallest absolute Gasteiger partial charge is 0.333 e. The lowest BCUT2D eigenvalue weighted by atomic mass is 10.2. The number of anilines is 2. The maximum absolute atomic E-state index is 11.4. The van der Waals surface area contributed by atoms with Crippen LogP contribution in [0.5, 0.6) is 5.75 Å². The van der Waals surface area contributed by atoms with E-state index in [4.69, 9.17) is 10.6 Å². The second-order valence-electron chi connectivity index (χ2n) is 3.52. The molecule has 0 saturated heterocycles. The highest BCUT2D eigenvalue weighted by molar-refractivity contribution is 5.98. The number of rotatable bonds is 1. The number of carbonyl (C=O) groups is 2. The van der Waals surface area contributed by atoms with Gasteiger partial charge in [0.25, 0.3) is 5.91 Å². The molecule has 4 N–H and O–H groups in total. The van der Waals surface area contributed by atoms with Gasteiger partial charge >= 0.3 is 6.03 Å². The Balaban J connectivity index is 2.29. The number of hydrazine groups is 1. The molecule has 7 heteroatoms. The highest BCUT2D eigenvalue weighted by atomic mass is 16.5. The molecule has 1 aliphatic heterocycles. The van der Waals surface area contributed by atoms with E-state index in [1.54, 1.807) is 25.2 Å². The van der Waals surface area contributed by atoms with Crippen LogP contribution in [0.1, 0.15) is 0 Å². The molecule has 0 aromatic heterocycles. The van der Waals surface area contributed by atoms with Gasteiger partial charge < -0.3 is 15.0 Å². The third kappa shape index (κ3) is 2.13. The third-order valence-electron chi connectivity index (χ3n) is 2.43. The van der Waals surface area contributed by atoms with Crippen molar-refractivity contribution in [2.45, 2.75) is 0 Å². The van der Waals surface area contributed by atoms with Gasteiger partial charge in [-0.3, -0.25) is 10.2 Å². The second kappa shape index (κ2) is 4.30. The Hall–Kier alpha value is -2.28. The SMILES string of the molecule is CN1C(=O)COc2ccc(NC(=O)NN)cc21. The van der Waals surface area contributed by atoms with Gasteiger partial charge in [0.15, 0.2) is 6.61 Å². The highest BCUT2D eigenvalue weighted by Crippen LogP contribution is 2.33. The van der Waals surface area contributed by atoms with Crippen LogP contribution < -0.4 is 26.2 Å². The molecule has 7 nitrogen and oxygen atoms in total. The Kier molecular flexibility index (Phi) is 2.84. The van der Waals surface area contributed by atoms with Crippen LogP contribution in [0.4, 0.5) is 16.2 Å². The van der Waals surface area contributed by atoms with E-state index in [1.807, 2.05) is 5.43 Å². The topological polar surface area (TPSA) is 96.7 Å². The molecule has 0 bridgehead atoms. The zero-order valence-electron chi connectivity index (χ0n) is 9.19. The number of fused-ring (bicyclic) bond motifs is 1. The summed E-state index contributed by atoms with van der Waals surface area (Å²) in [4.78, 5) is 23.9. The standard InChI is InChI=1S/C10H12N4O3/c1-14-7-4-6(12-10(16)13-11)2-3-8(7)17-5-9(14)15/h2-4H,5,11H2,1H3,(H2,12,13,16). The predicted molar refractivity (Wildman–Crippen MR) is 61.7 cm³/mol. The normalized spacial score (nSPS) is 13.8. The molecule has 3 amide bonds. The van der Waals surface area contributed by atoms with E-state index in [0.717, 1.165) is 0 Å². The summed E-state index contributed by atoms with van der Waals surface area (Å²) < 4.78 is 5.25. The first-order valence-corrected chi connectivity index (χ1v) is 4.93. The summed E-state index contributed by atoms with van der Waals surface area (Å²) in [5.74, 6) is 5.42. The van der Waals surface area contributed by atoms with Crippen molar-refractivity contribution in [1.29, 1.82) is 0 Å². The second-order valence-corrected chi connectivity index (χ2v) is 3.52. The van der Waals surface area contributed by atoms with Crippen LogP contribution in [-0.4, -0.2) is 25.6 Å². The summed E-state index contributed by atoms with van der Waals surface area (Å²) in [5, 5.41) is 2.51. The minimum atomic E-state index is -0.532. The first-order valence-electron chi connectivity index (χ1n) is 4.93. The first-order chi connectivity index (χ1) is 8.11. The fraction of sp³-hybridized carbons (Fsp3) is 0.200. The van der Waals surface area contributed by atoms with Crippen molar-refractivity contribution in [2.75, 3.05) is 23.9 Å². The first kappa shape index (κ1) is 11.2. The van der Waals surface area contributed by atoms with Gasteiger partial charge in [0.05, 0.1) is 5.69 Å². The van der Waals surface area contributed by atoms with E-state index in [-0.39, 0.29) is 12.5 Å². The Morgan fingerprint density at radius 2 is 2.29 bits per heavy atom. The summed E-state index contributed by atoms with van der Waals surface area (Å²) in [5.41, 5.74) is 3.08. The number of benzene rings is 1. The van der Waals surface area contributed by atoms with Gasteiger partial charge in [-0.1, -0.05) is 0 Å². The number of hydrogen-bond acceptors (Lipinski definition) is 4. The highest BCUT2D eigenvalue weighted by Gasteiger charge is 2.22. The zero-order chi connectivity index (χ0) is 12.4. The summed E-state index contributed by atoms with van der Waals surface area (Å²) in [6.07, 6.45) is 0. The minimum Gasteiger partial charge on any atom is -0.482 e. The number of nitrogens with zero attached hydrogens (tertiary/aromatic N) is 1. The lowest BCUT2D eigenvalue weighted by molar-refractivity contribution is -0.120. The molecule has 1 heterocycles. The Bertz CT molecular complexity index is 475. The molecule has 1 aliphatic rings. The average molecular weight is 236 g/mol. The van der Waals surface area contributed by atoms with Gasteiger partial charge in [-0.05, 0) is 18.2 Å². The number of carbonyl (C=O) groups excluding carboxylic acids is 2. The van der Waals surface area contributed by atoms with E-state index in [1.165, 1.54) is 4.90 Å². The maximum Gasteiger partial charge on any atom is 0.333 e. The van der Waals surface area contributed by atoms with Crippen molar-refractivity contribution in [3.63, 3.8) is 0 Å². The van der Waals surface area contributed by atoms with Crippen LogP contribution in [-0.2, 0) is 4.79 Å². The van der Waals surface area contributed by atoms with Gasteiger partial charge in [-0.2, -0.15) is 0 Å². The third-order valence-corrected chi connectivity index (χ3v) is 2.43. The van der Waals surface area contributed by atoms with E-state index >= 15 is 0 Å². The van der Waals surface area contributed by atoms with Crippen molar-refractivity contribution >= 4 is 23.3 Å². The monoisotopic (exact) mass is 236 g/mol. The van der Waals surface area contributed by atoms with E-state index < -0.39 is 6.03 Å². The van der Waals surface area contributed by atoms with Crippen LogP contribution in [0.3, 0.4) is 0 Å². The molecule has 1 aromatic carbocycles. The van der Waals surface area contributed by atoms with Crippen molar-refractivity contribution in [3.05, 3.63) is 18.2 Å². The molecular formula is C10H12N4O3. The Morgan fingerprint density at radius 3 is 3.00 bits per heavy atom. The zero-order valence-corrected chi connectivity index (χ0v) is 9.19. The molecule has 0 aliphatic carbocycles. The Labute approximate surface area is 97.5 Å². The minimum absolute atomic E-state index is 0.0273. The lowest BCUT2D eigenvalue weighted by Crippen LogP contribution is -2.36. The van der Waals surface area contributed by atoms with Crippen LogP contribution >= 0.6 is 0 Å². The number of nitrogens with two attached hydrogens (primary N) is 1. The predicted octanol–water partition coefficient (Wildman–Crippen LogP) is 0.0370. The van der Waals surface area contributed by atoms with E-state index in [2.05, 4.69) is 5.32 Å². The summed E-state index contributed by atoms with van der Waals surface area (Å²) >= 11 is 0. The fourth-order valence-corrected chi connectivity index (χ4v) is 1.52. The number of hydrogen-bond donors (Lipinski definition) is 3. The molecule has 0 saturated carbocycles. The van der Waals surface area contributed by atoms with Crippen molar-refractivity contribution in [3.8, 4) is 5.75 Å². The number of ether oxygens (including phenoxy) is 1. The molecule has 17 heavy (non-hydrogen) atoms. The summed E-state index contributed by atoms with van der Waals surface area (Å²) in [6.45, 7) is 0.0273. The van der Waals surface area contributed by atoms with E-state index in [9.17, 15) is 9.59 Å². The lowest BCUT2D eigenvalue weighted by Gasteiger charge is -2.26. The molecular weight excluding hydrogens is 224 g/mol. The van der Waals surface area contributed by atoms with Crippen LogP contribution in [0.25, 0.3) is 0 Å². The molecule has 90 valence electrons.